The van der Waals surface area contributed by atoms with Gasteiger partial charge in [-0.15, -0.1) is 0 Å². The summed E-state index contributed by atoms with van der Waals surface area (Å²) in [7, 11) is 1.84. The second kappa shape index (κ2) is 5.53. The van der Waals surface area contributed by atoms with Gasteiger partial charge < -0.3 is 10.5 Å². The highest BCUT2D eigenvalue weighted by Gasteiger charge is 2.37. The first-order valence-corrected chi connectivity index (χ1v) is 7.82. The van der Waals surface area contributed by atoms with Gasteiger partial charge >= 0.3 is 0 Å². The molecule has 3 heterocycles. The third kappa shape index (κ3) is 2.27. The molecule has 1 unspecified atom stereocenters. The molecular formula is C18H16N6O. The summed E-state index contributed by atoms with van der Waals surface area (Å²) >= 11 is 0. The molecule has 7 nitrogen and oxygen atoms in total. The molecule has 1 aromatic carbocycles. The number of allylic oxidation sites excluding steroid dienone is 1. The van der Waals surface area contributed by atoms with Gasteiger partial charge in [-0.05, 0) is 25.1 Å². The van der Waals surface area contributed by atoms with Crippen LogP contribution < -0.4 is 10.5 Å². The van der Waals surface area contributed by atoms with Crippen molar-refractivity contribution in [2.24, 2.45) is 12.8 Å². The van der Waals surface area contributed by atoms with Gasteiger partial charge in [0.15, 0.2) is 0 Å². The second-order valence-electron chi connectivity index (χ2n) is 5.89. The van der Waals surface area contributed by atoms with Gasteiger partial charge in [-0.1, -0.05) is 18.2 Å². The van der Waals surface area contributed by atoms with Crippen LogP contribution in [-0.4, -0.2) is 19.6 Å². The number of benzene rings is 1. The smallest absolute Gasteiger partial charge is 0.229 e. The van der Waals surface area contributed by atoms with E-state index in [4.69, 9.17) is 10.5 Å². The first-order chi connectivity index (χ1) is 12.1. The van der Waals surface area contributed by atoms with Gasteiger partial charge in [0, 0.05) is 13.2 Å². The van der Waals surface area contributed by atoms with Gasteiger partial charge in [0.2, 0.25) is 11.8 Å². The van der Waals surface area contributed by atoms with Gasteiger partial charge in [-0.25, -0.2) is 4.68 Å². The minimum Gasteiger partial charge on any atom is -0.422 e. The summed E-state index contributed by atoms with van der Waals surface area (Å²) in [5.74, 6) is 0.214. The summed E-state index contributed by atoms with van der Waals surface area (Å²) in [5.41, 5.74) is 9.59. The molecule has 1 aliphatic heterocycles. The Morgan fingerprint density at radius 3 is 2.60 bits per heavy atom. The largest absolute Gasteiger partial charge is 0.422 e. The molecule has 0 amide bonds. The third-order valence-corrected chi connectivity index (χ3v) is 4.26. The van der Waals surface area contributed by atoms with E-state index in [0.29, 0.717) is 11.5 Å². The van der Waals surface area contributed by atoms with E-state index in [2.05, 4.69) is 16.3 Å². The quantitative estimate of drug-likeness (QED) is 0.776. The lowest BCUT2D eigenvalue weighted by molar-refractivity contribution is 0.366. The van der Waals surface area contributed by atoms with Crippen LogP contribution in [0.3, 0.4) is 0 Å². The van der Waals surface area contributed by atoms with Crippen molar-refractivity contribution in [1.82, 2.24) is 19.6 Å². The lowest BCUT2D eigenvalue weighted by Gasteiger charge is -2.23. The molecule has 124 valence electrons. The van der Waals surface area contributed by atoms with Crippen LogP contribution in [0.15, 0.2) is 54.1 Å². The fourth-order valence-corrected chi connectivity index (χ4v) is 3.14. The Bertz CT molecular complexity index is 1020. The molecule has 25 heavy (non-hydrogen) atoms. The fraction of sp³-hybridized carbons (Fsp3) is 0.167. The molecule has 2 N–H and O–H groups in total. The van der Waals surface area contributed by atoms with E-state index in [9.17, 15) is 5.26 Å². The molecule has 0 saturated heterocycles. The van der Waals surface area contributed by atoms with Gasteiger partial charge in [-0.3, -0.25) is 4.68 Å². The van der Waals surface area contributed by atoms with E-state index in [1.54, 1.807) is 9.36 Å². The number of hydrogen-bond acceptors (Lipinski definition) is 5. The minimum absolute atomic E-state index is 0.0859. The third-order valence-electron chi connectivity index (χ3n) is 4.26. The standard InChI is InChI=1S/C18H16N6O/c1-11-15-16(14-8-9-23(2)22-14)13(10-19)17(20)25-18(15)24(21-11)12-6-4-3-5-7-12/h3-9,16H,20H2,1-2H3. The molecule has 0 fully saturated rings. The zero-order valence-electron chi connectivity index (χ0n) is 13.8. The van der Waals surface area contributed by atoms with E-state index in [1.807, 2.05) is 56.6 Å². The Balaban J connectivity index is 1.96. The van der Waals surface area contributed by atoms with Crippen LogP contribution in [0.5, 0.6) is 5.88 Å². The predicted octanol–water partition coefficient (Wildman–Crippen LogP) is 2.13. The number of ether oxygens (including phenoxy) is 1. The van der Waals surface area contributed by atoms with E-state index in [1.165, 1.54) is 0 Å². The van der Waals surface area contributed by atoms with E-state index < -0.39 is 5.92 Å². The highest BCUT2D eigenvalue weighted by Crippen LogP contribution is 2.43. The maximum atomic E-state index is 9.61. The maximum Gasteiger partial charge on any atom is 0.229 e. The number of aryl methyl sites for hydroxylation is 2. The molecular weight excluding hydrogens is 316 g/mol. The summed E-state index contributed by atoms with van der Waals surface area (Å²) in [6.07, 6.45) is 1.84. The first kappa shape index (κ1) is 15.0. The maximum absolute atomic E-state index is 9.61. The molecule has 0 aliphatic carbocycles. The Morgan fingerprint density at radius 2 is 1.96 bits per heavy atom. The number of nitriles is 1. The average molecular weight is 332 g/mol. The number of aromatic nitrogens is 4. The van der Waals surface area contributed by atoms with Gasteiger partial charge in [0.05, 0.1) is 28.6 Å². The monoisotopic (exact) mass is 332 g/mol. The molecule has 0 saturated carbocycles. The van der Waals surface area contributed by atoms with Crippen molar-refractivity contribution in [2.75, 3.05) is 0 Å². The fourth-order valence-electron chi connectivity index (χ4n) is 3.14. The summed E-state index contributed by atoms with van der Waals surface area (Å²) in [6, 6.07) is 13.7. The molecule has 2 aromatic heterocycles. The van der Waals surface area contributed by atoms with Crippen molar-refractivity contribution in [3.8, 4) is 17.6 Å². The zero-order chi connectivity index (χ0) is 17.6. The van der Waals surface area contributed by atoms with Gasteiger partial charge in [0.25, 0.3) is 0 Å². The molecule has 7 heteroatoms. The number of nitrogens with two attached hydrogens (primary N) is 1. The van der Waals surface area contributed by atoms with Gasteiger partial charge in [-0.2, -0.15) is 15.5 Å². The van der Waals surface area contributed by atoms with Crippen molar-refractivity contribution >= 4 is 0 Å². The van der Waals surface area contributed by atoms with Crippen molar-refractivity contribution in [3.63, 3.8) is 0 Å². The van der Waals surface area contributed by atoms with Crippen LogP contribution in [0.2, 0.25) is 0 Å². The zero-order valence-corrected chi connectivity index (χ0v) is 13.8. The normalized spacial score (nSPS) is 16.3. The van der Waals surface area contributed by atoms with Crippen LogP contribution in [0.25, 0.3) is 5.69 Å². The second-order valence-corrected chi connectivity index (χ2v) is 5.89. The van der Waals surface area contributed by atoms with Crippen LogP contribution in [0.1, 0.15) is 22.9 Å². The van der Waals surface area contributed by atoms with E-state index in [0.717, 1.165) is 22.6 Å². The predicted molar refractivity (Wildman–Crippen MR) is 90.8 cm³/mol. The average Bonchev–Trinajstić information content (AvgIpc) is 3.18. The van der Waals surface area contributed by atoms with Crippen LogP contribution >= 0.6 is 0 Å². The molecule has 3 aromatic rings. The SMILES string of the molecule is Cc1nn(-c2ccccc2)c2c1C(c1ccn(C)n1)C(C#N)=C(N)O2. The highest BCUT2D eigenvalue weighted by molar-refractivity contribution is 5.55. The molecule has 0 radical (unpaired) electrons. The lowest BCUT2D eigenvalue weighted by atomic mass is 9.87. The summed E-state index contributed by atoms with van der Waals surface area (Å²) in [4.78, 5) is 0. The molecule has 1 aliphatic rings. The number of nitrogens with zero attached hydrogens (tertiary/aromatic N) is 5. The highest BCUT2D eigenvalue weighted by atomic mass is 16.5. The van der Waals surface area contributed by atoms with Crippen LogP contribution in [0, 0.1) is 18.3 Å². The Labute approximate surface area is 144 Å². The molecule has 1 atom stereocenters. The van der Waals surface area contributed by atoms with Crippen LogP contribution in [0.4, 0.5) is 0 Å². The molecule has 0 bridgehead atoms. The topological polar surface area (TPSA) is 94.7 Å². The number of hydrogen-bond donors (Lipinski definition) is 1. The molecule has 0 spiro atoms. The Hall–Kier alpha value is -3.53. The van der Waals surface area contributed by atoms with E-state index in [-0.39, 0.29) is 5.88 Å². The first-order valence-electron chi connectivity index (χ1n) is 7.82. The number of para-hydroxylation sites is 1. The van der Waals surface area contributed by atoms with Crippen molar-refractivity contribution in [2.45, 2.75) is 12.8 Å². The number of fused-ring (bicyclic) bond motifs is 1. The summed E-state index contributed by atoms with van der Waals surface area (Å²) < 4.78 is 9.21. The Morgan fingerprint density at radius 1 is 1.20 bits per heavy atom. The van der Waals surface area contributed by atoms with Crippen molar-refractivity contribution in [1.29, 1.82) is 5.26 Å². The Kier molecular flexibility index (Phi) is 3.32. The molecule has 4 rings (SSSR count). The van der Waals surface area contributed by atoms with E-state index >= 15 is 0 Å². The summed E-state index contributed by atoms with van der Waals surface area (Å²) in [6.45, 7) is 1.90. The van der Waals surface area contributed by atoms with Gasteiger partial charge in [0.1, 0.15) is 11.6 Å². The minimum atomic E-state index is -0.396. The van der Waals surface area contributed by atoms with Crippen LogP contribution in [-0.2, 0) is 7.05 Å². The number of rotatable bonds is 2. The van der Waals surface area contributed by atoms with Crippen molar-refractivity contribution < 1.29 is 4.74 Å². The summed E-state index contributed by atoms with van der Waals surface area (Å²) in [5, 5.41) is 18.7. The van der Waals surface area contributed by atoms with Crippen molar-refractivity contribution in [3.05, 3.63) is 71.0 Å². The lowest BCUT2D eigenvalue weighted by Crippen LogP contribution is -2.22.